The number of aliphatic carboxylic acids is 1. The molecule has 0 spiro atoms. The van der Waals surface area contributed by atoms with Gasteiger partial charge in [-0.1, -0.05) is 48.5 Å². The first-order chi connectivity index (χ1) is 16.7. The first kappa shape index (κ1) is 23.3. The summed E-state index contributed by atoms with van der Waals surface area (Å²) in [6, 6.07) is 13.8. The van der Waals surface area contributed by atoms with E-state index >= 15 is 8.78 Å². The fraction of sp³-hybridized carbons (Fsp3) is 0.423. The highest BCUT2D eigenvalue weighted by molar-refractivity contribution is 5.87. The van der Waals surface area contributed by atoms with Crippen molar-refractivity contribution in [1.82, 2.24) is 10.6 Å². The number of halogens is 2. The van der Waals surface area contributed by atoms with Gasteiger partial charge in [0.25, 0.3) is 5.91 Å². The zero-order valence-electron chi connectivity index (χ0n) is 18.9. The summed E-state index contributed by atoms with van der Waals surface area (Å²) < 4.78 is 35.7. The van der Waals surface area contributed by atoms with Gasteiger partial charge in [-0.15, -0.1) is 0 Å². The number of fused-ring (bicyclic) bond motifs is 3. The van der Waals surface area contributed by atoms with Crippen LogP contribution in [0.3, 0.4) is 0 Å². The van der Waals surface area contributed by atoms with E-state index in [9.17, 15) is 14.4 Å². The van der Waals surface area contributed by atoms with Gasteiger partial charge in [0.2, 0.25) is 0 Å². The summed E-state index contributed by atoms with van der Waals surface area (Å²) in [5, 5.41) is 13.4. The molecule has 9 heteroatoms. The van der Waals surface area contributed by atoms with Crippen LogP contribution in [0.1, 0.15) is 49.1 Å². The number of benzene rings is 2. The van der Waals surface area contributed by atoms with Crippen LogP contribution >= 0.6 is 0 Å². The van der Waals surface area contributed by atoms with Crippen molar-refractivity contribution in [3.8, 4) is 11.1 Å². The zero-order chi connectivity index (χ0) is 24.8. The van der Waals surface area contributed by atoms with Crippen molar-refractivity contribution in [3.63, 3.8) is 0 Å². The third-order valence-electron chi connectivity index (χ3n) is 7.13. The summed E-state index contributed by atoms with van der Waals surface area (Å²) in [5.41, 5.74) is 2.96. The Morgan fingerprint density at radius 3 is 2.11 bits per heavy atom. The monoisotopic (exact) mass is 484 g/mol. The molecule has 0 heterocycles. The Hall–Kier alpha value is -3.49. The second kappa shape index (κ2) is 8.62. The van der Waals surface area contributed by atoms with E-state index in [0.29, 0.717) is 25.7 Å². The Labute approximate surface area is 200 Å². The Morgan fingerprint density at radius 1 is 1.03 bits per heavy atom. The summed E-state index contributed by atoms with van der Waals surface area (Å²) in [5.74, 6) is -7.40. The van der Waals surface area contributed by atoms with Crippen molar-refractivity contribution in [2.75, 3.05) is 6.61 Å². The first-order valence-electron chi connectivity index (χ1n) is 11.7. The van der Waals surface area contributed by atoms with Gasteiger partial charge in [0.15, 0.2) is 0 Å². The number of rotatable bonds is 9. The average molecular weight is 484 g/mol. The average Bonchev–Trinajstić information content (AvgIpc) is 3.75. The molecule has 7 nitrogen and oxygen atoms in total. The van der Waals surface area contributed by atoms with Crippen LogP contribution in [0, 0.1) is 5.92 Å². The number of alkyl carbamates (subject to hydrolysis) is 1. The quantitative estimate of drug-likeness (QED) is 0.498. The largest absolute Gasteiger partial charge is 0.481 e. The Bertz CT molecular complexity index is 1130. The van der Waals surface area contributed by atoms with Crippen molar-refractivity contribution >= 4 is 18.0 Å². The second-order valence-corrected chi connectivity index (χ2v) is 9.71. The number of amides is 2. The summed E-state index contributed by atoms with van der Waals surface area (Å²) in [4.78, 5) is 36.1. The van der Waals surface area contributed by atoms with Crippen molar-refractivity contribution in [2.24, 2.45) is 5.92 Å². The van der Waals surface area contributed by atoms with Gasteiger partial charge in [-0.3, -0.25) is 9.59 Å². The van der Waals surface area contributed by atoms with Gasteiger partial charge in [-0.25, -0.2) is 4.79 Å². The molecule has 0 bridgehead atoms. The maximum absolute atomic E-state index is 15.1. The van der Waals surface area contributed by atoms with Crippen molar-refractivity contribution in [1.29, 1.82) is 0 Å². The minimum Gasteiger partial charge on any atom is -0.481 e. The summed E-state index contributed by atoms with van der Waals surface area (Å²) in [6.07, 6.45) is 0.143. The number of carboxylic acids is 1. The number of hydrogen-bond donors (Lipinski definition) is 3. The van der Waals surface area contributed by atoms with Gasteiger partial charge in [0.1, 0.15) is 12.6 Å². The summed E-state index contributed by atoms with van der Waals surface area (Å²) in [7, 11) is 0. The molecule has 0 aromatic heterocycles. The number of hydrogen-bond acceptors (Lipinski definition) is 4. The van der Waals surface area contributed by atoms with Crippen LogP contribution in [-0.2, 0) is 14.3 Å². The van der Waals surface area contributed by atoms with Gasteiger partial charge in [0.05, 0.1) is 12.0 Å². The van der Waals surface area contributed by atoms with E-state index in [1.807, 2.05) is 48.5 Å². The zero-order valence-corrected chi connectivity index (χ0v) is 18.9. The number of nitrogens with one attached hydrogen (secondary N) is 2. The van der Waals surface area contributed by atoms with Crippen molar-refractivity contribution in [2.45, 2.75) is 55.5 Å². The van der Waals surface area contributed by atoms with E-state index < -0.39 is 47.8 Å². The van der Waals surface area contributed by atoms with Gasteiger partial charge in [-0.05, 0) is 53.9 Å². The molecular weight excluding hydrogens is 458 g/mol. The molecule has 0 saturated heterocycles. The molecule has 184 valence electrons. The van der Waals surface area contributed by atoms with E-state index in [0.717, 1.165) is 22.3 Å². The summed E-state index contributed by atoms with van der Waals surface area (Å²) >= 11 is 0. The number of carbonyl (C=O) groups is 3. The van der Waals surface area contributed by atoms with Crippen LogP contribution in [0.5, 0.6) is 0 Å². The molecule has 2 aromatic rings. The molecule has 1 unspecified atom stereocenters. The van der Waals surface area contributed by atoms with Gasteiger partial charge >= 0.3 is 18.0 Å². The molecule has 2 amide bonds. The van der Waals surface area contributed by atoms with E-state index in [4.69, 9.17) is 9.84 Å². The second-order valence-electron chi connectivity index (χ2n) is 9.71. The van der Waals surface area contributed by atoms with Crippen LogP contribution < -0.4 is 10.6 Å². The standard InChI is InChI=1S/C26H26F2N2O5/c27-26(28,23(33)30-25(11-12-25)13-21(31)32)22(15-9-10-15)29-24(34)35-14-20-18-7-3-1-5-16(18)17-6-2-4-8-19(17)20/h1-8,15,20,22H,9-14H2,(H,29,34)(H,30,33)(H,31,32). The molecule has 3 N–H and O–H groups in total. The number of carbonyl (C=O) groups excluding carboxylic acids is 2. The maximum atomic E-state index is 15.1. The molecule has 3 aliphatic carbocycles. The lowest BCUT2D eigenvalue weighted by Crippen LogP contribution is -2.59. The normalized spacial score (nSPS) is 18.7. The van der Waals surface area contributed by atoms with Crippen LogP contribution in [0.25, 0.3) is 11.1 Å². The first-order valence-corrected chi connectivity index (χ1v) is 11.7. The third-order valence-corrected chi connectivity index (χ3v) is 7.13. The topological polar surface area (TPSA) is 105 Å². The SMILES string of the molecule is O=C(O)CC1(NC(=O)C(F)(F)C(NC(=O)OCC2c3ccccc3-c3ccccc32)C2CC2)CC1. The fourth-order valence-electron chi connectivity index (χ4n) is 4.95. The van der Waals surface area contributed by atoms with E-state index in [2.05, 4.69) is 10.6 Å². The van der Waals surface area contributed by atoms with Gasteiger partial charge in [0, 0.05) is 5.92 Å². The molecule has 2 aromatic carbocycles. The molecule has 2 fully saturated rings. The van der Waals surface area contributed by atoms with E-state index in [-0.39, 0.29) is 12.5 Å². The minimum atomic E-state index is -3.90. The highest BCUT2D eigenvalue weighted by Gasteiger charge is 2.57. The molecule has 0 radical (unpaired) electrons. The van der Waals surface area contributed by atoms with Crippen molar-refractivity contribution in [3.05, 3.63) is 59.7 Å². The Balaban J connectivity index is 1.25. The highest BCUT2D eigenvalue weighted by Crippen LogP contribution is 2.45. The lowest BCUT2D eigenvalue weighted by atomic mass is 9.98. The lowest BCUT2D eigenvalue weighted by Gasteiger charge is -2.28. The van der Waals surface area contributed by atoms with Crippen LogP contribution in [0.2, 0.25) is 0 Å². The van der Waals surface area contributed by atoms with Crippen LogP contribution in [-0.4, -0.2) is 47.2 Å². The third kappa shape index (κ3) is 4.59. The molecule has 0 aliphatic heterocycles. The Morgan fingerprint density at radius 2 is 1.60 bits per heavy atom. The van der Waals surface area contributed by atoms with E-state index in [1.54, 1.807) is 0 Å². The highest BCUT2D eigenvalue weighted by atomic mass is 19.3. The Kier molecular flexibility index (Phi) is 5.73. The van der Waals surface area contributed by atoms with Crippen LogP contribution in [0.15, 0.2) is 48.5 Å². The van der Waals surface area contributed by atoms with Crippen LogP contribution in [0.4, 0.5) is 13.6 Å². The van der Waals surface area contributed by atoms with Gasteiger partial charge in [-0.2, -0.15) is 8.78 Å². The van der Waals surface area contributed by atoms with Crippen molar-refractivity contribution < 1.29 is 33.0 Å². The molecule has 35 heavy (non-hydrogen) atoms. The molecule has 5 rings (SSSR count). The summed E-state index contributed by atoms with van der Waals surface area (Å²) in [6.45, 7) is -0.0310. The molecule has 2 saturated carbocycles. The lowest BCUT2D eigenvalue weighted by molar-refractivity contribution is -0.152. The number of carboxylic acid groups (broad SMARTS) is 1. The fourth-order valence-corrected chi connectivity index (χ4v) is 4.95. The minimum absolute atomic E-state index is 0.0310. The van der Waals surface area contributed by atoms with Gasteiger partial charge < -0.3 is 20.5 Å². The smallest absolute Gasteiger partial charge is 0.407 e. The number of alkyl halides is 2. The molecule has 3 aliphatic rings. The number of ether oxygens (including phenoxy) is 1. The predicted molar refractivity (Wildman–Crippen MR) is 122 cm³/mol. The maximum Gasteiger partial charge on any atom is 0.407 e. The molecule has 1 atom stereocenters. The van der Waals surface area contributed by atoms with E-state index in [1.165, 1.54) is 0 Å². The molecular formula is C26H26F2N2O5. The predicted octanol–water partition coefficient (Wildman–Crippen LogP) is 4.06.